The normalized spacial score (nSPS) is 21.9. The van der Waals surface area contributed by atoms with Crippen molar-refractivity contribution in [1.82, 2.24) is 4.31 Å². The topological polar surface area (TPSA) is 63.4 Å². The summed E-state index contributed by atoms with van der Waals surface area (Å²) in [4.78, 5) is -0.00185. The van der Waals surface area contributed by atoms with Gasteiger partial charge in [0.15, 0.2) is 0 Å². The van der Waals surface area contributed by atoms with Crippen molar-refractivity contribution in [3.63, 3.8) is 0 Å². The van der Waals surface area contributed by atoms with E-state index in [1.807, 2.05) is 0 Å². The van der Waals surface area contributed by atoms with E-state index in [9.17, 15) is 12.8 Å². The Hall–Kier alpha value is -0.690. The molecule has 1 heterocycles. The van der Waals surface area contributed by atoms with E-state index in [1.54, 1.807) is 0 Å². The number of halogens is 2. The van der Waals surface area contributed by atoms with E-state index < -0.39 is 15.8 Å². The van der Waals surface area contributed by atoms with E-state index in [1.165, 1.54) is 10.4 Å². The summed E-state index contributed by atoms with van der Waals surface area (Å²) in [5, 5.41) is -0.199. The Morgan fingerprint density at radius 1 is 1.47 bits per heavy atom. The molecule has 4 nitrogen and oxygen atoms in total. The van der Waals surface area contributed by atoms with Crippen LogP contribution in [0.25, 0.3) is 0 Å². The molecular weight excluding hydrogens is 267 g/mol. The molecule has 1 aliphatic heterocycles. The SMILES string of the molecule is N[C@@H]1CCN(S(=O)(=O)c2ccc(F)c(Cl)c2)C1. The summed E-state index contributed by atoms with van der Waals surface area (Å²) in [5.41, 5.74) is 5.66. The van der Waals surface area contributed by atoms with Gasteiger partial charge in [0.25, 0.3) is 0 Å². The lowest BCUT2D eigenvalue weighted by Gasteiger charge is -2.16. The Morgan fingerprint density at radius 3 is 2.71 bits per heavy atom. The third kappa shape index (κ3) is 2.44. The van der Waals surface area contributed by atoms with Crippen LogP contribution in [0, 0.1) is 5.82 Å². The Balaban J connectivity index is 2.35. The molecule has 0 bridgehead atoms. The maximum Gasteiger partial charge on any atom is 0.243 e. The summed E-state index contributed by atoms with van der Waals surface area (Å²) in [6, 6.07) is 3.24. The summed E-state index contributed by atoms with van der Waals surface area (Å²) < 4.78 is 38.5. The number of rotatable bonds is 2. The first-order chi connectivity index (χ1) is 7.91. The molecule has 0 aromatic heterocycles. The van der Waals surface area contributed by atoms with Crippen LogP contribution in [0.1, 0.15) is 6.42 Å². The smallest absolute Gasteiger partial charge is 0.243 e. The fourth-order valence-corrected chi connectivity index (χ4v) is 3.54. The van der Waals surface area contributed by atoms with Crippen LogP contribution in [-0.4, -0.2) is 31.9 Å². The average Bonchev–Trinajstić information content (AvgIpc) is 2.69. The largest absolute Gasteiger partial charge is 0.326 e. The monoisotopic (exact) mass is 278 g/mol. The lowest BCUT2D eigenvalue weighted by molar-refractivity contribution is 0.472. The van der Waals surface area contributed by atoms with Gasteiger partial charge in [0.1, 0.15) is 5.82 Å². The van der Waals surface area contributed by atoms with Crippen molar-refractivity contribution < 1.29 is 12.8 Å². The van der Waals surface area contributed by atoms with Gasteiger partial charge < -0.3 is 5.73 Å². The first kappa shape index (κ1) is 12.8. The van der Waals surface area contributed by atoms with Gasteiger partial charge in [-0.15, -0.1) is 0 Å². The second-order valence-corrected chi connectivity index (χ2v) is 6.33. The molecule has 7 heteroatoms. The zero-order valence-corrected chi connectivity index (χ0v) is 10.5. The Bertz CT molecular complexity index is 535. The minimum Gasteiger partial charge on any atom is -0.326 e. The van der Waals surface area contributed by atoms with Crippen LogP contribution in [0.3, 0.4) is 0 Å². The number of nitrogens with zero attached hydrogens (tertiary/aromatic N) is 1. The number of sulfonamides is 1. The van der Waals surface area contributed by atoms with Crippen molar-refractivity contribution in [3.8, 4) is 0 Å². The second kappa shape index (κ2) is 4.53. The third-order valence-electron chi connectivity index (χ3n) is 2.72. The summed E-state index contributed by atoms with van der Waals surface area (Å²) in [5.74, 6) is -0.635. The highest BCUT2D eigenvalue weighted by molar-refractivity contribution is 7.89. The lowest BCUT2D eigenvalue weighted by Crippen LogP contribution is -2.31. The summed E-state index contributed by atoms with van der Waals surface area (Å²) in [6.07, 6.45) is 0.633. The molecule has 1 fully saturated rings. The molecule has 1 saturated heterocycles. The molecule has 0 spiro atoms. The summed E-state index contributed by atoms with van der Waals surface area (Å²) in [7, 11) is -3.61. The summed E-state index contributed by atoms with van der Waals surface area (Å²) in [6.45, 7) is 0.676. The molecule has 0 saturated carbocycles. The van der Waals surface area contributed by atoms with Crippen molar-refractivity contribution in [3.05, 3.63) is 29.0 Å². The van der Waals surface area contributed by atoms with Gasteiger partial charge in [-0.2, -0.15) is 4.31 Å². The Morgan fingerprint density at radius 2 is 2.18 bits per heavy atom. The minimum absolute atomic E-state index is 0.00185. The van der Waals surface area contributed by atoms with Gasteiger partial charge in [0, 0.05) is 19.1 Å². The summed E-state index contributed by atoms with van der Waals surface area (Å²) >= 11 is 5.57. The highest BCUT2D eigenvalue weighted by Gasteiger charge is 2.31. The van der Waals surface area contributed by atoms with Gasteiger partial charge in [-0.25, -0.2) is 12.8 Å². The maximum atomic E-state index is 13.0. The molecule has 1 atom stereocenters. The lowest BCUT2D eigenvalue weighted by atomic mass is 10.3. The van der Waals surface area contributed by atoms with E-state index in [-0.39, 0.29) is 22.5 Å². The van der Waals surface area contributed by atoms with Crippen LogP contribution in [-0.2, 0) is 10.0 Å². The molecule has 0 aliphatic carbocycles. The molecule has 17 heavy (non-hydrogen) atoms. The third-order valence-corrected chi connectivity index (χ3v) is 4.87. The predicted octanol–water partition coefficient (Wildman–Crippen LogP) is 1.20. The van der Waals surface area contributed by atoms with Gasteiger partial charge in [0.05, 0.1) is 9.92 Å². The van der Waals surface area contributed by atoms with Crippen LogP contribution in [0.15, 0.2) is 23.1 Å². The highest BCUT2D eigenvalue weighted by atomic mass is 35.5. The molecule has 0 amide bonds. The average molecular weight is 279 g/mol. The van der Waals surface area contributed by atoms with Gasteiger partial charge in [-0.05, 0) is 24.6 Å². The molecule has 0 radical (unpaired) electrons. The van der Waals surface area contributed by atoms with Gasteiger partial charge in [0.2, 0.25) is 10.0 Å². The van der Waals surface area contributed by atoms with Crippen LogP contribution in [0.2, 0.25) is 5.02 Å². The molecule has 1 aliphatic rings. The van der Waals surface area contributed by atoms with Crippen molar-refractivity contribution in [1.29, 1.82) is 0 Å². The van der Waals surface area contributed by atoms with E-state index in [4.69, 9.17) is 17.3 Å². The molecule has 1 aromatic carbocycles. The van der Waals surface area contributed by atoms with Gasteiger partial charge in [-0.1, -0.05) is 11.6 Å². The van der Waals surface area contributed by atoms with Crippen LogP contribution < -0.4 is 5.73 Å². The zero-order valence-electron chi connectivity index (χ0n) is 8.94. The van der Waals surface area contributed by atoms with Crippen molar-refractivity contribution in [2.75, 3.05) is 13.1 Å². The fourth-order valence-electron chi connectivity index (χ4n) is 1.76. The standard InChI is InChI=1S/C10H12ClFN2O2S/c11-9-5-8(1-2-10(9)12)17(15,16)14-4-3-7(13)6-14/h1-2,5,7H,3-4,6,13H2/t7-/m1/s1. The molecule has 1 aromatic rings. The minimum atomic E-state index is -3.61. The number of benzene rings is 1. The van der Waals surface area contributed by atoms with Crippen LogP contribution in [0.4, 0.5) is 4.39 Å². The second-order valence-electron chi connectivity index (χ2n) is 3.99. The fraction of sp³-hybridized carbons (Fsp3) is 0.400. The molecule has 94 valence electrons. The Kier molecular flexibility index (Phi) is 3.40. The first-order valence-corrected chi connectivity index (χ1v) is 6.94. The highest BCUT2D eigenvalue weighted by Crippen LogP contribution is 2.24. The van der Waals surface area contributed by atoms with Crippen molar-refractivity contribution >= 4 is 21.6 Å². The van der Waals surface area contributed by atoms with Gasteiger partial charge >= 0.3 is 0 Å². The number of nitrogens with two attached hydrogens (primary N) is 1. The van der Waals surface area contributed by atoms with Crippen LogP contribution >= 0.6 is 11.6 Å². The Labute approximate surface area is 104 Å². The molecule has 2 N–H and O–H groups in total. The predicted molar refractivity (Wildman–Crippen MR) is 62.8 cm³/mol. The van der Waals surface area contributed by atoms with E-state index in [2.05, 4.69) is 0 Å². The number of hydrogen-bond acceptors (Lipinski definition) is 3. The molecular formula is C10H12ClFN2O2S. The van der Waals surface area contributed by atoms with E-state index in [0.717, 1.165) is 12.1 Å². The first-order valence-electron chi connectivity index (χ1n) is 5.12. The quantitative estimate of drug-likeness (QED) is 0.884. The zero-order chi connectivity index (χ0) is 12.6. The molecule has 0 unspecified atom stereocenters. The van der Waals surface area contributed by atoms with Gasteiger partial charge in [-0.3, -0.25) is 0 Å². The van der Waals surface area contributed by atoms with E-state index in [0.29, 0.717) is 13.0 Å². The van der Waals surface area contributed by atoms with Crippen molar-refractivity contribution in [2.45, 2.75) is 17.4 Å². The number of hydrogen-bond donors (Lipinski definition) is 1. The molecule has 2 rings (SSSR count). The van der Waals surface area contributed by atoms with Crippen LogP contribution in [0.5, 0.6) is 0 Å². The van der Waals surface area contributed by atoms with E-state index >= 15 is 0 Å². The maximum absolute atomic E-state index is 13.0. The van der Waals surface area contributed by atoms with Crippen molar-refractivity contribution in [2.24, 2.45) is 5.73 Å².